The number of anilines is 1. The molecule has 2 aromatic heterocycles. The Bertz CT molecular complexity index is 1130. The van der Waals surface area contributed by atoms with Gasteiger partial charge in [-0.2, -0.15) is 0 Å². The zero-order valence-electron chi connectivity index (χ0n) is 14.1. The molecule has 4 aromatic rings. The minimum absolute atomic E-state index is 0.415. The second-order valence-electron chi connectivity index (χ2n) is 5.79. The molecule has 0 saturated carbocycles. The van der Waals surface area contributed by atoms with Crippen molar-refractivity contribution >= 4 is 47.7 Å². The topological polar surface area (TPSA) is 87.7 Å². The molecular weight excluding hydrogens is 356 g/mol. The average Bonchev–Trinajstić information content (AvgIpc) is 3.11. The van der Waals surface area contributed by atoms with E-state index < -0.39 is 10.0 Å². The third-order valence-corrected chi connectivity index (χ3v) is 5.02. The molecule has 2 heterocycles. The van der Waals surface area contributed by atoms with E-state index in [1.807, 2.05) is 31.2 Å². The SMILES string of the molecule is Cc1ccc2nc(NS(C)(=O)=O)sc2c1.Cc1ccc2nc[nH]c2c1. The van der Waals surface area contributed by atoms with Crippen LogP contribution in [0.4, 0.5) is 5.13 Å². The highest BCUT2D eigenvalue weighted by atomic mass is 32.2. The van der Waals surface area contributed by atoms with Crippen molar-refractivity contribution in [3.05, 3.63) is 53.9 Å². The van der Waals surface area contributed by atoms with Crippen LogP contribution < -0.4 is 4.72 Å². The second-order valence-corrected chi connectivity index (χ2v) is 8.57. The van der Waals surface area contributed by atoms with Crippen LogP contribution in [-0.2, 0) is 10.0 Å². The lowest BCUT2D eigenvalue weighted by molar-refractivity contribution is 0.607. The molecule has 2 N–H and O–H groups in total. The molecule has 0 spiro atoms. The molecule has 0 fully saturated rings. The monoisotopic (exact) mass is 374 g/mol. The summed E-state index contributed by atoms with van der Waals surface area (Å²) in [7, 11) is -3.24. The fraction of sp³-hybridized carbons (Fsp3) is 0.176. The van der Waals surface area contributed by atoms with Gasteiger partial charge in [-0.15, -0.1) is 0 Å². The first-order chi connectivity index (χ1) is 11.8. The predicted octanol–water partition coefficient (Wildman–Crippen LogP) is 3.85. The van der Waals surface area contributed by atoms with E-state index in [-0.39, 0.29) is 0 Å². The standard InChI is InChI=1S/C9H10N2O2S2.C8H8N2/c1-6-3-4-7-8(5-6)14-9(10-7)11-15(2,12)13;1-6-2-3-7-8(4-6)10-5-9-7/h3-5H,1-2H3,(H,10,11);2-5H,1H3,(H,9,10). The second kappa shape index (κ2) is 6.81. The fourth-order valence-corrected chi connectivity index (χ4v) is 4.08. The van der Waals surface area contributed by atoms with Crippen molar-refractivity contribution in [2.45, 2.75) is 13.8 Å². The van der Waals surface area contributed by atoms with Gasteiger partial charge in [0.15, 0.2) is 5.13 Å². The van der Waals surface area contributed by atoms with Gasteiger partial charge in [-0.25, -0.2) is 18.4 Å². The van der Waals surface area contributed by atoms with Crippen molar-refractivity contribution in [2.24, 2.45) is 0 Å². The van der Waals surface area contributed by atoms with E-state index in [1.165, 1.54) is 16.9 Å². The summed E-state index contributed by atoms with van der Waals surface area (Å²) in [6.07, 6.45) is 2.83. The number of H-pyrrole nitrogens is 1. The molecule has 25 heavy (non-hydrogen) atoms. The van der Waals surface area contributed by atoms with Gasteiger partial charge >= 0.3 is 0 Å². The van der Waals surface area contributed by atoms with E-state index in [2.05, 4.69) is 38.7 Å². The first kappa shape index (κ1) is 17.4. The molecule has 0 saturated heterocycles. The van der Waals surface area contributed by atoms with E-state index in [0.717, 1.165) is 33.1 Å². The summed E-state index contributed by atoms with van der Waals surface area (Å²) in [5.74, 6) is 0. The van der Waals surface area contributed by atoms with Crippen LogP contribution in [0.15, 0.2) is 42.7 Å². The Kier molecular flexibility index (Phi) is 4.73. The zero-order chi connectivity index (χ0) is 18.0. The summed E-state index contributed by atoms with van der Waals surface area (Å²) in [5, 5.41) is 0.415. The number of benzene rings is 2. The summed E-state index contributed by atoms with van der Waals surface area (Å²) in [5.41, 5.74) is 5.36. The van der Waals surface area contributed by atoms with Crippen molar-refractivity contribution in [2.75, 3.05) is 11.0 Å². The minimum Gasteiger partial charge on any atom is -0.345 e. The van der Waals surface area contributed by atoms with Crippen molar-refractivity contribution in [1.29, 1.82) is 0 Å². The van der Waals surface area contributed by atoms with Crippen molar-refractivity contribution in [3.63, 3.8) is 0 Å². The normalized spacial score (nSPS) is 11.3. The number of hydrogen-bond acceptors (Lipinski definition) is 5. The van der Waals surface area contributed by atoms with Gasteiger partial charge in [0.25, 0.3) is 0 Å². The molecule has 0 aliphatic rings. The largest absolute Gasteiger partial charge is 0.345 e. The molecule has 0 unspecified atom stereocenters. The van der Waals surface area contributed by atoms with Gasteiger partial charge in [0.05, 0.1) is 33.8 Å². The van der Waals surface area contributed by atoms with Gasteiger partial charge in [0.1, 0.15) is 0 Å². The van der Waals surface area contributed by atoms with Gasteiger partial charge in [-0.05, 0) is 49.2 Å². The van der Waals surface area contributed by atoms with Crippen LogP contribution in [-0.4, -0.2) is 29.6 Å². The lowest BCUT2D eigenvalue weighted by Crippen LogP contribution is -2.08. The number of rotatable bonds is 2. The summed E-state index contributed by atoms with van der Waals surface area (Å²) in [6.45, 7) is 4.06. The Morgan fingerprint density at radius 2 is 1.72 bits per heavy atom. The van der Waals surface area contributed by atoms with E-state index >= 15 is 0 Å². The molecule has 8 heteroatoms. The maximum atomic E-state index is 11.0. The summed E-state index contributed by atoms with van der Waals surface area (Å²) >= 11 is 1.34. The van der Waals surface area contributed by atoms with Crippen LogP contribution in [0, 0.1) is 13.8 Å². The Morgan fingerprint density at radius 1 is 1.04 bits per heavy atom. The Labute approximate surface area is 150 Å². The Morgan fingerprint density at radius 3 is 2.44 bits per heavy atom. The van der Waals surface area contributed by atoms with Gasteiger partial charge in [-0.1, -0.05) is 23.5 Å². The molecule has 2 aromatic carbocycles. The average molecular weight is 374 g/mol. The lowest BCUT2D eigenvalue weighted by atomic mass is 10.2. The van der Waals surface area contributed by atoms with E-state index in [0.29, 0.717) is 5.13 Å². The number of nitrogens with one attached hydrogen (secondary N) is 2. The summed E-state index contributed by atoms with van der Waals surface area (Å²) < 4.78 is 25.4. The molecule has 0 atom stereocenters. The molecule has 6 nitrogen and oxygen atoms in total. The number of aromatic nitrogens is 3. The molecule has 0 aliphatic carbocycles. The maximum Gasteiger partial charge on any atom is 0.231 e. The highest BCUT2D eigenvalue weighted by Gasteiger charge is 2.07. The highest BCUT2D eigenvalue weighted by Crippen LogP contribution is 2.26. The number of nitrogens with zero attached hydrogens (tertiary/aromatic N) is 2. The van der Waals surface area contributed by atoms with E-state index in [4.69, 9.17) is 0 Å². The molecule has 0 aliphatic heterocycles. The number of imidazole rings is 1. The first-order valence-electron chi connectivity index (χ1n) is 7.55. The van der Waals surface area contributed by atoms with Crippen molar-refractivity contribution < 1.29 is 8.42 Å². The fourth-order valence-electron chi connectivity index (χ4n) is 2.28. The third-order valence-electron chi connectivity index (χ3n) is 3.39. The third kappa shape index (κ3) is 4.55. The molecule has 130 valence electrons. The molecule has 4 rings (SSSR count). The smallest absolute Gasteiger partial charge is 0.231 e. The number of sulfonamides is 1. The predicted molar refractivity (Wildman–Crippen MR) is 104 cm³/mol. The van der Waals surface area contributed by atoms with Crippen LogP contribution in [0.3, 0.4) is 0 Å². The van der Waals surface area contributed by atoms with Crippen LogP contribution in [0.5, 0.6) is 0 Å². The number of aryl methyl sites for hydroxylation is 2. The summed E-state index contributed by atoms with van der Waals surface area (Å²) in [6, 6.07) is 12.0. The number of aromatic amines is 1. The van der Waals surface area contributed by atoms with Crippen molar-refractivity contribution in [1.82, 2.24) is 15.0 Å². The lowest BCUT2D eigenvalue weighted by Gasteiger charge is -1.95. The Hall–Kier alpha value is -2.45. The van der Waals surface area contributed by atoms with Crippen molar-refractivity contribution in [3.8, 4) is 0 Å². The highest BCUT2D eigenvalue weighted by molar-refractivity contribution is 7.92. The number of thiazole rings is 1. The number of hydrogen-bond donors (Lipinski definition) is 2. The Balaban J connectivity index is 0.000000157. The van der Waals surface area contributed by atoms with Crippen LogP contribution in [0.1, 0.15) is 11.1 Å². The minimum atomic E-state index is -3.24. The first-order valence-corrected chi connectivity index (χ1v) is 10.3. The van der Waals surface area contributed by atoms with E-state index in [1.54, 1.807) is 6.33 Å². The number of fused-ring (bicyclic) bond motifs is 2. The molecule has 0 radical (unpaired) electrons. The van der Waals surface area contributed by atoms with Crippen LogP contribution >= 0.6 is 11.3 Å². The van der Waals surface area contributed by atoms with Gasteiger partial charge in [0.2, 0.25) is 10.0 Å². The quantitative estimate of drug-likeness (QED) is 0.558. The molecule has 0 bridgehead atoms. The van der Waals surface area contributed by atoms with E-state index in [9.17, 15) is 8.42 Å². The van der Waals surface area contributed by atoms with Crippen LogP contribution in [0.2, 0.25) is 0 Å². The van der Waals surface area contributed by atoms with Gasteiger partial charge in [-0.3, -0.25) is 4.72 Å². The summed E-state index contributed by atoms with van der Waals surface area (Å²) in [4.78, 5) is 11.3. The van der Waals surface area contributed by atoms with Gasteiger partial charge in [0, 0.05) is 0 Å². The van der Waals surface area contributed by atoms with Crippen LogP contribution in [0.25, 0.3) is 21.3 Å². The van der Waals surface area contributed by atoms with Gasteiger partial charge < -0.3 is 4.98 Å². The zero-order valence-corrected chi connectivity index (χ0v) is 15.7. The maximum absolute atomic E-state index is 11.0. The molecular formula is C17H18N4O2S2. The molecule has 0 amide bonds.